The van der Waals surface area contributed by atoms with Crippen LogP contribution in [0.25, 0.3) is 0 Å². The average molecular weight is 355 g/mol. The van der Waals surface area contributed by atoms with Crippen molar-refractivity contribution in [1.82, 2.24) is 4.31 Å². The van der Waals surface area contributed by atoms with Gasteiger partial charge in [0.2, 0.25) is 10.0 Å². The molecule has 25 heavy (non-hydrogen) atoms. The number of ether oxygens (including phenoxy) is 1. The highest BCUT2D eigenvalue weighted by Crippen LogP contribution is 2.22. The first kappa shape index (κ1) is 17.3. The van der Waals surface area contributed by atoms with Crippen molar-refractivity contribution in [2.24, 2.45) is 4.99 Å². The fourth-order valence-electron chi connectivity index (χ4n) is 2.45. The number of rotatable bonds is 4. The zero-order valence-electron chi connectivity index (χ0n) is 13.5. The Morgan fingerprint density at radius 3 is 2.52 bits per heavy atom. The summed E-state index contributed by atoms with van der Waals surface area (Å²) in [6.45, 7) is 1.55. The van der Waals surface area contributed by atoms with E-state index in [0.717, 1.165) is 5.56 Å². The zero-order valence-corrected chi connectivity index (χ0v) is 14.3. The van der Waals surface area contributed by atoms with Crippen molar-refractivity contribution in [3.63, 3.8) is 0 Å². The van der Waals surface area contributed by atoms with E-state index in [4.69, 9.17) is 10.00 Å². The monoisotopic (exact) mass is 355 g/mol. The number of sulfonamides is 1. The van der Waals surface area contributed by atoms with Crippen molar-refractivity contribution in [3.8, 4) is 6.07 Å². The molecular formula is C18H17N3O3S. The lowest BCUT2D eigenvalue weighted by Crippen LogP contribution is -2.40. The standard InChI is InChI=1S/C18H17N3O3S/c19-13-15-4-6-16(7-5-15)14-20-17-2-1-3-18(12-17)25(22,23)21-8-10-24-11-9-21/h1-7,12,14H,8-11H2. The van der Waals surface area contributed by atoms with Crippen LogP contribution in [0.5, 0.6) is 0 Å². The molecule has 128 valence electrons. The highest BCUT2D eigenvalue weighted by atomic mass is 32.2. The molecule has 0 radical (unpaired) electrons. The summed E-state index contributed by atoms with van der Waals surface area (Å²) in [5, 5.41) is 8.80. The van der Waals surface area contributed by atoms with Crippen LogP contribution < -0.4 is 0 Å². The Kier molecular flexibility index (Phi) is 5.24. The third kappa shape index (κ3) is 4.12. The van der Waals surface area contributed by atoms with Crippen LogP contribution in [0.2, 0.25) is 0 Å². The fraction of sp³-hybridized carbons (Fsp3) is 0.222. The molecule has 0 amide bonds. The molecule has 0 spiro atoms. The van der Waals surface area contributed by atoms with Crippen LogP contribution >= 0.6 is 0 Å². The fourth-order valence-corrected chi connectivity index (χ4v) is 3.90. The highest BCUT2D eigenvalue weighted by Gasteiger charge is 2.26. The van der Waals surface area contributed by atoms with E-state index in [-0.39, 0.29) is 4.90 Å². The third-order valence-corrected chi connectivity index (χ3v) is 5.72. The van der Waals surface area contributed by atoms with Crippen LogP contribution in [0.4, 0.5) is 5.69 Å². The van der Waals surface area contributed by atoms with Crippen LogP contribution in [0.1, 0.15) is 11.1 Å². The molecule has 3 rings (SSSR count). The first-order chi connectivity index (χ1) is 12.1. The number of hydrogen-bond donors (Lipinski definition) is 0. The van der Waals surface area contributed by atoms with Gasteiger partial charge in [-0.25, -0.2) is 8.42 Å². The Balaban J connectivity index is 1.81. The smallest absolute Gasteiger partial charge is 0.243 e. The molecule has 1 saturated heterocycles. The van der Waals surface area contributed by atoms with E-state index < -0.39 is 10.0 Å². The van der Waals surface area contributed by atoms with Crippen molar-refractivity contribution in [3.05, 3.63) is 59.7 Å². The van der Waals surface area contributed by atoms with Gasteiger partial charge in [-0.3, -0.25) is 4.99 Å². The lowest BCUT2D eigenvalue weighted by Gasteiger charge is -2.26. The molecule has 1 heterocycles. The Morgan fingerprint density at radius 2 is 1.84 bits per heavy atom. The van der Waals surface area contributed by atoms with E-state index in [1.54, 1.807) is 54.7 Å². The number of nitrogens with zero attached hydrogens (tertiary/aromatic N) is 3. The maximum Gasteiger partial charge on any atom is 0.243 e. The van der Waals surface area contributed by atoms with Gasteiger partial charge in [0.15, 0.2) is 0 Å². The van der Waals surface area contributed by atoms with Gasteiger partial charge in [-0.2, -0.15) is 9.57 Å². The third-order valence-electron chi connectivity index (χ3n) is 3.83. The summed E-state index contributed by atoms with van der Waals surface area (Å²) < 4.78 is 32.0. The van der Waals surface area contributed by atoms with Crippen LogP contribution in [-0.2, 0) is 14.8 Å². The van der Waals surface area contributed by atoms with Gasteiger partial charge in [-0.15, -0.1) is 0 Å². The van der Waals surface area contributed by atoms with Gasteiger partial charge in [0.1, 0.15) is 0 Å². The molecule has 2 aromatic carbocycles. The minimum absolute atomic E-state index is 0.226. The van der Waals surface area contributed by atoms with E-state index in [0.29, 0.717) is 37.6 Å². The molecule has 0 aliphatic carbocycles. The molecule has 7 heteroatoms. The lowest BCUT2D eigenvalue weighted by atomic mass is 10.2. The summed E-state index contributed by atoms with van der Waals surface area (Å²) in [5.74, 6) is 0. The van der Waals surface area contributed by atoms with Crippen LogP contribution in [0.3, 0.4) is 0 Å². The molecular weight excluding hydrogens is 338 g/mol. The molecule has 1 aliphatic heterocycles. The second kappa shape index (κ2) is 7.57. The first-order valence-corrected chi connectivity index (χ1v) is 9.26. The zero-order chi connectivity index (χ0) is 17.7. The number of morpholine rings is 1. The molecule has 0 unspecified atom stereocenters. The number of nitriles is 1. The Labute approximate surface area is 147 Å². The van der Waals surface area contributed by atoms with Gasteiger partial charge in [0.05, 0.1) is 35.4 Å². The Bertz CT molecular complexity index is 909. The minimum Gasteiger partial charge on any atom is -0.379 e. The van der Waals surface area contributed by atoms with Gasteiger partial charge in [-0.1, -0.05) is 18.2 Å². The lowest BCUT2D eigenvalue weighted by molar-refractivity contribution is 0.0730. The van der Waals surface area contributed by atoms with E-state index in [1.807, 2.05) is 0 Å². The average Bonchev–Trinajstić information content (AvgIpc) is 2.67. The summed E-state index contributed by atoms with van der Waals surface area (Å²) in [6.07, 6.45) is 1.64. The predicted molar refractivity (Wildman–Crippen MR) is 94.4 cm³/mol. The van der Waals surface area contributed by atoms with E-state index >= 15 is 0 Å². The Hall–Kier alpha value is -2.53. The predicted octanol–water partition coefficient (Wildman–Crippen LogP) is 2.33. The van der Waals surface area contributed by atoms with Gasteiger partial charge in [0, 0.05) is 19.3 Å². The number of hydrogen-bond acceptors (Lipinski definition) is 5. The molecule has 0 atom stereocenters. The maximum atomic E-state index is 12.7. The molecule has 0 N–H and O–H groups in total. The molecule has 0 saturated carbocycles. The maximum absolute atomic E-state index is 12.7. The van der Waals surface area contributed by atoms with Crippen LogP contribution in [0, 0.1) is 11.3 Å². The highest BCUT2D eigenvalue weighted by molar-refractivity contribution is 7.89. The van der Waals surface area contributed by atoms with Crippen molar-refractivity contribution in [1.29, 1.82) is 5.26 Å². The van der Waals surface area contributed by atoms with Gasteiger partial charge < -0.3 is 4.74 Å². The summed E-state index contributed by atoms with van der Waals surface area (Å²) in [5.41, 5.74) is 1.97. The topological polar surface area (TPSA) is 82.8 Å². The van der Waals surface area contributed by atoms with Crippen molar-refractivity contribution in [2.45, 2.75) is 4.90 Å². The number of benzene rings is 2. The van der Waals surface area contributed by atoms with E-state index in [9.17, 15) is 8.42 Å². The van der Waals surface area contributed by atoms with E-state index in [1.165, 1.54) is 4.31 Å². The summed E-state index contributed by atoms with van der Waals surface area (Å²) in [6, 6.07) is 15.6. The SMILES string of the molecule is N#Cc1ccc(C=Nc2cccc(S(=O)(=O)N3CCOCC3)c2)cc1. The summed E-state index contributed by atoms with van der Waals surface area (Å²) in [4.78, 5) is 4.56. The molecule has 0 bridgehead atoms. The molecule has 6 nitrogen and oxygen atoms in total. The number of aliphatic imine (C=N–C) groups is 1. The minimum atomic E-state index is -3.53. The second-order valence-corrected chi connectivity index (χ2v) is 7.44. The first-order valence-electron chi connectivity index (χ1n) is 7.82. The normalized spacial score (nSPS) is 16.0. The summed E-state index contributed by atoms with van der Waals surface area (Å²) >= 11 is 0. The largest absolute Gasteiger partial charge is 0.379 e. The van der Waals surface area contributed by atoms with Crippen molar-refractivity contribution < 1.29 is 13.2 Å². The Morgan fingerprint density at radius 1 is 1.12 bits per heavy atom. The van der Waals surface area contributed by atoms with Gasteiger partial charge in [-0.05, 0) is 35.9 Å². The van der Waals surface area contributed by atoms with Gasteiger partial charge >= 0.3 is 0 Å². The van der Waals surface area contributed by atoms with Gasteiger partial charge in [0.25, 0.3) is 0 Å². The molecule has 2 aromatic rings. The van der Waals surface area contributed by atoms with Crippen LogP contribution in [0.15, 0.2) is 58.4 Å². The molecule has 1 fully saturated rings. The quantitative estimate of drug-likeness (QED) is 0.788. The van der Waals surface area contributed by atoms with Crippen molar-refractivity contribution in [2.75, 3.05) is 26.3 Å². The molecule has 1 aliphatic rings. The van der Waals surface area contributed by atoms with Crippen molar-refractivity contribution >= 4 is 21.9 Å². The van der Waals surface area contributed by atoms with Crippen LogP contribution in [-0.4, -0.2) is 45.2 Å². The summed E-state index contributed by atoms with van der Waals surface area (Å²) in [7, 11) is -3.53. The molecule has 0 aromatic heterocycles. The van der Waals surface area contributed by atoms with E-state index in [2.05, 4.69) is 11.1 Å². The second-order valence-electron chi connectivity index (χ2n) is 5.51.